The van der Waals surface area contributed by atoms with Gasteiger partial charge >= 0.3 is 0 Å². The third-order valence-corrected chi connectivity index (χ3v) is 2.66. The number of aromatic nitrogens is 1. The van der Waals surface area contributed by atoms with E-state index in [0.717, 1.165) is 3.57 Å². The van der Waals surface area contributed by atoms with Crippen LogP contribution in [-0.2, 0) is 0 Å². The molecule has 17 heavy (non-hydrogen) atoms. The summed E-state index contributed by atoms with van der Waals surface area (Å²) in [4.78, 5) is 16.0. The number of pyridine rings is 1. The first-order valence-electron chi connectivity index (χ1n) is 5.48. The van der Waals surface area contributed by atoms with Crippen molar-refractivity contribution in [2.45, 2.75) is 13.8 Å². The molecule has 0 aliphatic heterocycles. The van der Waals surface area contributed by atoms with E-state index >= 15 is 0 Å². The smallest absolute Gasteiger partial charge is 0.211 e. The van der Waals surface area contributed by atoms with Crippen LogP contribution < -0.4 is 0 Å². The van der Waals surface area contributed by atoms with Gasteiger partial charge in [0.2, 0.25) is 5.78 Å². The molecule has 88 valence electrons. The first-order chi connectivity index (χ1) is 8.27. The van der Waals surface area contributed by atoms with Crippen LogP contribution in [0.4, 0.5) is 0 Å². The minimum absolute atomic E-state index is 0.0332. The average Bonchev–Trinajstić information content (AvgIpc) is 2.41. The molecule has 1 aromatic heterocycles. The first-order valence-corrected chi connectivity index (χ1v) is 6.56. The van der Waals surface area contributed by atoms with Crippen LogP contribution in [0.1, 0.15) is 29.9 Å². The topological polar surface area (TPSA) is 30.0 Å². The standard InChI is InChI=1S/C12H8INO.C2H6/c13-10-5-3-4-9(8-10)12(15)11-6-1-2-7-14-11;1-2/h1-8H;1-2H3. The van der Waals surface area contributed by atoms with Gasteiger partial charge in [0, 0.05) is 15.3 Å². The Morgan fingerprint density at radius 1 is 1.12 bits per heavy atom. The van der Waals surface area contributed by atoms with Crippen LogP contribution in [0.25, 0.3) is 0 Å². The van der Waals surface area contributed by atoms with E-state index in [0.29, 0.717) is 11.3 Å². The Morgan fingerprint density at radius 3 is 2.47 bits per heavy atom. The summed E-state index contributed by atoms with van der Waals surface area (Å²) in [5.74, 6) is -0.0332. The molecule has 3 heteroatoms. The maximum Gasteiger partial charge on any atom is 0.211 e. The molecule has 0 aliphatic carbocycles. The maximum absolute atomic E-state index is 11.9. The van der Waals surface area contributed by atoms with Gasteiger partial charge in [-0.2, -0.15) is 0 Å². The molecular formula is C14H14INO. The highest BCUT2D eigenvalue weighted by Crippen LogP contribution is 2.11. The summed E-state index contributed by atoms with van der Waals surface area (Å²) in [6.45, 7) is 4.00. The quantitative estimate of drug-likeness (QED) is 0.613. The third kappa shape index (κ3) is 3.93. The van der Waals surface area contributed by atoms with Gasteiger partial charge < -0.3 is 0 Å². The second-order valence-corrected chi connectivity index (χ2v) is 4.30. The Morgan fingerprint density at radius 2 is 1.88 bits per heavy atom. The predicted octanol–water partition coefficient (Wildman–Crippen LogP) is 3.94. The molecule has 1 heterocycles. The van der Waals surface area contributed by atoms with Crippen LogP contribution in [0.3, 0.4) is 0 Å². The van der Waals surface area contributed by atoms with E-state index in [4.69, 9.17) is 0 Å². The van der Waals surface area contributed by atoms with Gasteiger partial charge in [0.25, 0.3) is 0 Å². The van der Waals surface area contributed by atoms with Gasteiger partial charge in [0.15, 0.2) is 0 Å². The number of carbonyl (C=O) groups excluding carboxylic acids is 1. The summed E-state index contributed by atoms with van der Waals surface area (Å²) < 4.78 is 1.05. The molecule has 2 nitrogen and oxygen atoms in total. The molecule has 0 saturated carbocycles. The summed E-state index contributed by atoms with van der Waals surface area (Å²) in [6, 6.07) is 12.8. The zero-order valence-electron chi connectivity index (χ0n) is 9.85. The van der Waals surface area contributed by atoms with Gasteiger partial charge in [-0.25, -0.2) is 0 Å². The number of carbonyl (C=O) groups is 1. The van der Waals surface area contributed by atoms with E-state index in [1.54, 1.807) is 24.4 Å². The molecular weight excluding hydrogens is 325 g/mol. The minimum Gasteiger partial charge on any atom is -0.287 e. The molecule has 0 fully saturated rings. The SMILES string of the molecule is CC.O=C(c1cccc(I)c1)c1ccccn1. The number of benzene rings is 1. The fourth-order valence-electron chi connectivity index (χ4n) is 1.27. The van der Waals surface area contributed by atoms with Gasteiger partial charge in [-0.1, -0.05) is 32.0 Å². The summed E-state index contributed by atoms with van der Waals surface area (Å²) >= 11 is 2.19. The summed E-state index contributed by atoms with van der Waals surface area (Å²) in [5.41, 5.74) is 1.17. The van der Waals surface area contributed by atoms with Crippen molar-refractivity contribution in [1.29, 1.82) is 0 Å². The molecule has 2 rings (SSSR count). The monoisotopic (exact) mass is 339 g/mol. The molecule has 2 aromatic rings. The first kappa shape index (κ1) is 13.8. The van der Waals surface area contributed by atoms with Crippen molar-refractivity contribution in [2.24, 2.45) is 0 Å². The van der Waals surface area contributed by atoms with Crippen LogP contribution in [0.2, 0.25) is 0 Å². The summed E-state index contributed by atoms with van der Waals surface area (Å²) in [7, 11) is 0. The van der Waals surface area contributed by atoms with E-state index in [1.807, 2.05) is 38.1 Å². The Balaban J connectivity index is 0.000000686. The van der Waals surface area contributed by atoms with Crippen molar-refractivity contribution in [2.75, 3.05) is 0 Å². The van der Waals surface area contributed by atoms with Crippen molar-refractivity contribution in [3.8, 4) is 0 Å². The van der Waals surface area contributed by atoms with Crippen molar-refractivity contribution in [3.05, 3.63) is 63.5 Å². The van der Waals surface area contributed by atoms with E-state index in [-0.39, 0.29) is 5.78 Å². The number of hydrogen-bond donors (Lipinski definition) is 0. The Labute approximate surface area is 115 Å². The Hall–Kier alpha value is -1.23. The van der Waals surface area contributed by atoms with Gasteiger partial charge in [0.05, 0.1) is 0 Å². The number of hydrogen-bond acceptors (Lipinski definition) is 2. The number of rotatable bonds is 2. The highest BCUT2D eigenvalue weighted by molar-refractivity contribution is 14.1. The van der Waals surface area contributed by atoms with Gasteiger partial charge in [-0.3, -0.25) is 9.78 Å². The average molecular weight is 339 g/mol. The maximum atomic E-state index is 11.9. The van der Waals surface area contributed by atoms with Crippen LogP contribution in [0.5, 0.6) is 0 Å². The number of halogens is 1. The van der Waals surface area contributed by atoms with E-state index in [2.05, 4.69) is 27.6 Å². The predicted molar refractivity (Wildman–Crippen MR) is 78.2 cm³/mol. The molecule has 1 aromatic carbocycles. The highest BCUT2D eigenvalue weighted by Gasteiger charge is 2.09. The van der Waals surface area contributed by atoms with Crippen molar-refractivity contribution >= 4 is 28.4 Å². The van der Waals surface area contributed by atoms with E-state index < -0.39 is 0 Å². The molecule has 0 spiro atoms. The lowest BCUT2D eigenvalue weighted by atomic mass is 10.1. The van der Waals surface area contributed by atoms with Gasteiger partial charge in [-0.15, -0.1) is 0 Å². The third-order valence-electron chi connectivity index (χ3n) is 1.98. The molecule has 0 amide bonds. The van der Waals surface area contributed by atoms with Crippen molar-refractivity contribution in [1.82, 2.24) is 4.98 Å². The van der Waals surface area contributed by atoms with E-state index in [1.165, 1.54) is 0 Å². The van der Waals surface area contributed by atoms with Crippen molar-refractivity contribution < 1.29 is 4.79 Å². The van der Waals surface area contributed by atoms with E-state index in [9.17, 15) is 4.79 Å². The fourth-order valence-corrected chi connectivity index (χ4v) is 1.82. The fraction of sp³-hybridized carbons (Fsp3) is 0.143. The van der Waals surface area contributed by atoms with Crippen molar-refractivity contribution in [3.63, 3.8) is 0 Å². The molecule has 0 saturated heterocycles. The highest BCUT2D eigenvalue weighted by atomic mass is 127. The lowest BCUT2D eigenvalue weighted by molar-refractivity contribution is 0.103. The Bertz CT molecular complexity index is 483. The molecule has 0 radical (unpaired) electrons. The number of ketones is 1. The van der Waals surface area contributed by atoms with Crippen LogP contribution in [0.15, 0.2) is 48.7 Å². The molecule has 0 unspecified atom stereocenters. The van der Waals surface area contributed by atoms with Gasteiger partial charge in [-0.05, 0) is 46.9 Å². The van der Waals surface area contributed by atoms with Crippen LogP contribution in [0, 0.1) is 3.57 Å². The van der Waals surface area contributed by atoms with Crippen LogP contribution >= 0.6 is 22.6 Å². The second-order valence-electron chi connectivity index (χ2n) is 3.05. The number of nitrogens with zero attached hydrogens (tertiary/aromatic N) is 1. The van der Waals surface area contributed by atoms with Gasteiger partial charge in [0.1, 0.15) is 5.69 Å². The lowest BCUT2D eigenvalue weighted by Crippen LogP contribution is -2.03. The Kier molecular flexibility index (Phi) is 5.83. The second kappa shape index (κ2) is 7.17. The minimum atomic E-state index is -0.0332. The zero-order chi connectivity index (χ0) is 12.7. The summed E-state index contributed by atoms with van der Waals surface area (Å²) in [5, 5.41) is 0. The normalized spacial score (nSPS) is 9.12. The lowest BCUT2D eigenvalue weighted by Gasteiger charge is -2.00. The van der Waals surface area contributed by atoms with Crippen LogP contribution in [-0.4, -0.2) is 10.8 Å². The molecule has 0 bridgehead atoms. The molecule has 0 atom stereocenters. The summed E-state index contributed by atoms with van der Waals surface area (Å²) in [6.07, 6.45) is 1.63. The molecule has 0 aliphatic rings. The largest absolute Gasteiger partial charge is 0.287 e. The zero-order valence-corrected chi connectivity index (χ0v) is 12.0. The molecule has 0 N–H and O–H groups in total.